The van der Waals surface area contributed by atoms with Crippen molar-refractivity contribution in [2.45, 2.75) is 19.3 Å². The number of hydrogen-bond donors (Lipinski definition) is 2. The Bertz CT molecular complexity index is 1290. The largest absolute Gasteiger partial charge is 0.493 e. The van der Waals surface area contributed by atoms with E-state index in [0.717, 1.165) is 54.6 Å². The molecule has 0 spiro atoms. The van der Waals surface area contributed by atoms with Gasteiger partial charge in [-0.15, -0.1) is 0 Å². The van der Waals surface area contributed by atoms with E-state index in [1.54, 1.807) is 14.2 Å². The van der Waals surface area contributed by atoms with Crippen LogP contribution in [-0.4, -0.2) is 52.2 Å². The van der Waals surface area contributed by atoms with E-state index >= 15 is 0 Å². The summed E-state index contributed by atoms with van der Waals surface area (Å²) in [6.07, 6.45) is 6.53. The maximum Gasteiger partial charge on any atom is 0.274 e. The Kier molecular flexibility index (Phi) is 7.84. The summed E-state index contributed by atoms with van der Waals surface area (Å²) < 4.78 is 35.7. The molecule has 0 atom stereocenters. The van der Waals surface area contributed by atoms with E-state index in [1.165, 1.54) is 0 Å². The molecule has 9 nitrogen and oxygen atoms in total. The fourth-order valence-corrected chi connectivity index (χ4v) is 4.75. The Morgan fingerprint density at radius 1 is 1.06 bits per heavy atom. The molecule has 1 aliphatic heterocycles. The molecule has 0 bridgehead atoms. The van der Waals surface area contributed by atoms with Crippen molar-refractivity contribution >= 4 is 39.1 Å². The number of nitrogens with zero attached hydrogens (tertiary/aromatic N) is 3. The molecule has 2 heterocycles. The first kappa shape index (κ1) is 24.9. The Hall–Kier alpha value is -3.21. The number of aromatic nitrogens is 2. The zero-order chi connectivity index (χ0) is 24.8. The minimum atomic E-state index is -3.65. The monoisotopic (exact) mass is 497 g/mol. The number of hydrogen-bond acceptors (Lipinski definition) is 7. The summed E-state index contributed by atoms with van der Waals surface area (Å²) >= 11 is 0. The van der Waals surface area contributed by atoms with Crippen molar-refractivity contribution in [2.24, 2.45) is 11.1 Å². The number of piperidine rings is 1. The summed E-state index contributed by atoms with van der Waals surface area (Å²) in [5.41, 5.74) is 1.85. The zero-order valence-corrected chi connectivity index (χ0v) is 20.8. The zero-order valence-electron chi connectivity index (χ0n) is 20.0. The molecular formula is C25H31N5O4S. The minimum absolute atomic E-state index is 0.353. The Balaban J connectivity index is 1.61. The first-order chi connectivity index (χ1) is 16.9. The lowest BCUT2D eigenvalue weighted by molar-refractivity contribution is 0.355. The van der Waals surface area contributed by atoms with Crippen molar-refractivity contribution in [2.75, 3.05) is 38.8 Å². The predicted octanol–water partition coefficient (Wildman–Crippen LogP) is 3.22. The van der Waals surface area contributed by atoms with Crippen LogP contribution in [0.25, 0.3) is 23.1 Å². The van der Waals surface area contributed by atoms with Gasteiger partial charge in [0.05, 0.1) is 19.7 Å². The van der Waals surface area contributed by atoms with Gasteiger partial charge in [-0.05, 0) is 42.9 Å². The molecule has 2 aromatic carbocycles. The van der Waals surface area contributed by atoms with Crippen LogP contribution in [0.5, 0.6) is 11.5 Å². The molecular weight excluding hydrogens is 466 g/mol. The molecule has 0 amide bonds. The third kappa shape index (κ3) is 6.47. The van der Waals surface area contributed by atoms with Gasteiger partial charge in [0.1, 0.15) is 5.82 Å². The lowest BCUT2D eigenvalue weighted by atomic mass is 9.93. The first-order valence-corrected chi connectivity index (χ1v) is 13.1. The number of methoxy groups -OCH3 is 2. The second kappa shape index (κ2) is 11.0. The lowest BCUT2D eigenvalue weighted by Gasteiger charge is -2.33. The van der Waals surface area contributed by atoms with Gasteiger partial charge in [-0.2, -0.15) is 8.42 Å². The number of benzene rings is 2. The molecule has 186 valence electrons. The summed E-state index contributed by atoms with van der Waals surface area (Å²) in [4.78, 5) is 11.9. The molecule has 0 saturated carbocycles. The third-order valence-corrected chi connectivity index (χ3v) is 6.80. The molecule has 35 heavy (non-hydrogen) atoms. The molecule has 1 saturated heterocycles. The Morgan fingerprint density at radius 2 is 1.74 bits per heavy atom. The van der Waals surface area contributed by atoms with E-state index in [4.69, 9.17) is 24.6 Å². The van der Waals surface area contributed by atoms with Crippen molar-refractivity contribution in [1.29, 1.82) is 0 Å². The quantitative estimate of drug-likeness (QED) is 0.466. The van der Waals surface area contributed by atoms with Gasteiger partial charge in [0, 0.05) is 31.1 Å². The molecule has 3 aromatic rings. The van der Waals surface area contributed by atoms with Gasteiger partial charge in [-0.3, -0.25) is 0 Å². The number of anilines is 1. The van der Waals surface area contributed by atoms with Crippen molar-refractivity contribution in [3.63, 3.8) is 0 Å². The highest BCUT2D eigenvalue weighted by atomic mass is 32.2. The van der Waals surface area contributed by atoms with Gasteiger partial charge in [0.2, 0.25) is 0 Å². The van der Waals surface area contributed by atoms with Gasteiger partial charge in [0.15, 0.2) is 17.3 Å². The number of nitrogens with one attached hydrogen (secondary N) is 1. The fraction of sp³-hybridized carbons (Fsp3) is 0.360. The van der Waals surface area contributed by atoms with Crippen LogP contribution in [0.1, 0.15) is 30.7 Å². The third-order valence-electron chi connectivity index (χ3n) is 6.19. The van der Waals surface area contributed by atoms with Gasteiger partial charge >= 0.3 is 0 Å². The van der Waals surface area contributed by atoms with E-state index in [-0.39, 0.29) is 0 Å². The topological polar surface area (TPSA) is 120 Å². The highest BCUT2D eigenvalue weighted by Gasteiger charge is 2.23. The minimum Gasteiger partial charge on any atom is -0.493 e. The van der Waals surface area contributed by atoms with Crippen molar-refractivity contribution in [1.82, 2.24) is 14.7 Å². The molecule has 0 unspecified atom stereocenters. The molecule has 3 N–H and O–H groups in total. The molecule has 1 fully saturated rings. The van der Waals surface area contributed by atoms with Crippen LogP contribution in [-0.2, 0) is 10.2 Å². The number of rotatable bonds is 9. The fourth-order valence-electron chi connectivity index (χ4n) is 4.35. The van der Waals surface area contributed by atoms with Crippen molar-refractivity contribution in [3.05, 3.63) is 53.9 Å². The second-order valence-electron chi connectivity index (χ2n) is 8.53. The number of nitrogens with two attached hydrogens (primary N) is 1. The van der Waals surface area contributed by atoms with Crippen LogP contribution in [0.4, 0.5) is 5.82 Å². The van der Waals surface area contributed by atoms with Crippen LogP contribution < -0.4 is 24.2 Å². The number of ether oxygens (including phenoxy) is 2. The predicted molar refractivity (Wildman–Crippen MR) is 139 cm³/mol. The van der Waals surface area contributed by atoms with E-state index in [1.807, 2.05) is 54.6 Å². The van der Waals surface area contributed by atoms with Crippen molar-refractivity contribution in [3.8, 4) is 11.5 Å². The smallest absolute Gasteiger partial charge is 0.274 e. The van der Waals surface area contributed by atoms with Crippen LogP contribution in [0.15, 0.2) is 42.5 Å². The van der Waals surface area contributed by atoms with Gasteiger partial charge in [0.25, 0.3) is 10.2 Å². The maximum atomic E-state index is 11.1. The van der Waals surface area contributed by atoms with Crippen LogP contribution in [0.2, 0.25) is 0 Å². The maximum absolute atomic E-state index is 11.1. The van der Waals surface area contributed by atoms with Crippen LogP contribution in [0, 0.1) is 5.92 Å². The average Bonchev–Trinajstić information content (AvgIpc) is 2.86. The Labute approximate surface area is 206 Å². The van der Waals surface area contributed by atoms with E-state index in [0.29, 0.717) is 29.8 Å². The van der Waals surface area contributed by atoms with Gasteiger partial charge < -0.3 is 14.4 Å². The molecule has 0 radical (unpaired) electrons. The normalized spacial score (nSPS) is 15.1. The average molecular weight is 498 g/mol. The van der Waals surface area contributed by atoms with E-state index in [2.05, 4.69) is 9.62 Å². The summed E-state index contributed by atoms with van der Waals surface area (Å²) in [5, 5.41) is 5.93. The number of fused-ring (bicyclic) bond motifs is 1. The highest BCUT2D eigenvalue weighted by Crippen LogP contribution is 2.36. The summed E-state index contributed by atoms with van der Waals surface area (Å²) in [6, 6.07) is 13.8. The molecule has 10 heteroatoms. The van der Waals surface area contributed by atoms with E-state index < -0.39 is 10.2 Å². The van der Waals surface area contributed by atoms with Crippen LogP contribution >= 0.6 is 0 Å². The summed E-state index contributed by atoms with van der Waals surface area (Å²) in [5.74, 6) is 3.12. The summed E-state index contributed by atoms with van der Waals surface area (Å²) in [6.45, 7) is 1.97. The molecule has 1 aliphatic rings. The van der Waals surface area contributed by atoms with Crippen molar-refractivity contribution < 1.29 is 17.9 Å². The Morgan fingerprint density at radius 3 is 2.40 bits per heavy atom. The SMILES string of the molecule is COc1cc2nc(/C=C/c3ccccc3)nc(N3CCC(CCNS(N)(=O)=O)CC3)c2cc1OC. The molecule has 4 rings (SSSR count). The lowest BCUT2D eigenvalue weighted by Crippen LogP contribution is -2.37. The highest BCUT2D eigenvalue weighted by molar-refractivity contribution is 7.87. The first-order valence-electron chi connectivity index (χ1n) is 11.6. The van der Waals surface area contributed by atoms with Gasteiger partial charge in [-0.1, -0.05) is 36.4 Å². The summed E-state index contributed by atoms with van der Waals surface area (Å²) in [7, 11) is -0.430. The molecule has 1 aromatic heterocycles. The van der Waals surface area contributed by atoms with E-state index in [9.17, 15) is 8.42 Å². The second-order valence-corrected chi connectivity index (χ2v) is 9.91. The standard InChI is InChI=1S/C25H31N5O4S/c1-33-22-16-20-21(17-23(22)34-2)28-24(9-8-18-6-4-3-5-7-18)29-25(20)30-14-11-19(12-15-30)10-13-27-35(26,31)32/h3-9,16-17,19,27H,10-15H2,1-2H3,(H2,26,31,32)/b9-8+. The molecule has 0 aliphatic carbocycles. The van der Waals surface area contributed by atoms with Crippen LogP contribution in [0.3, 0.4) is 0 Å². The van der Waals surface area contributed by atoms with Gasteiger partial charge in [-0.25, -0.2) is 19.8 Å².